The summed E-state index contributed by atoms with van der Waals surface area (Å²) >= 11 is 0. The van der Waals surface area contributed by atoms with Crippen LogP contribution in [0.1, 0.15) is 53.9 Å². The Hall–Kier alpha value is -0.353. The topological polar surface area (TPSA) is 35.5 Å². The number of ether oxygens (including phenoxy) is 1. The van der Waals surface area contributed by atoms with Gasteiger partial charge in [0.1, 0.15) is 0 Å². The van der Waals surface area contributed by atoms with Crippen LogP contribution < -0.4 is 0 Å². The van der Waals surface area contributed by atoms with E-state index in [9.17, 15) is 4.79 Å². The second kappa shape index (κ2) is 8.75. The van der Waals surface area contributed by atoms with E-state index < -0.39 is 8.32 Å². The quantitative estimate of drug-likeness (QED) is 0.359. The Labute approximate surface area is 120 Å². The number of rotatable bonds is 9. The number of hydrogen-bond acceptors (Lipinski definition) is 3. The largest absolute Gasteiger partial charge is 0.466 e. The summed E-state index contributed by atoms with van der Waals surface area (Å²) in [6.07, 6.45) is 3.48. The summed E-state index contributed by atoms with van der Waals surface area (Å²) in [5.41, 5.74) is 0.193. The van der Waals surface area contributed by atoms with Crippen LogP contribution in [0.25, 0.3) is 0 Å². The molecule has 0 aromatic rings. The molecule has 0 amide bonds. The molecule has 0 rings (SSSR count). The maximum absolute atomic E-state index is 11.8. The Morgan fingerprint density at radius 3 is 2.26 bits per heavy atom. The van der Waals surface area contributed by atoms with Crippen LogP contribution in [0, 0.1) is 5.41 Å². The van der Waals surface area contributed by atoms with Crippen LogP contribution in [0.4, 0.5) is 0 Å². The molecule has 1 unspecified atom stereocenters. The highest BCUT2D eigenvalue weighted by Crippen LogP contribution is 2.31. The van der Waals surface area contributed by atoms with Crippen molar-refractivity contribution < 1.29 is 14.0 Å². The number of carbonyl (C=O) groups excluding carboxylic acids is 1. The lowest BCUT2D eigenvalue weighted by atomic mass is 10.0. The third-order valence-corrected chi connectivity index (χ3v) is 6.67. The first-order chi connectivity index (χ1) is 8.72. The third-order valence-electron chi connectivity index (χ3n) is 2.93. The summed E-state index contributed by atoms with van der Waals surface area (Å²) in [4.78, 5) is 11.8. The second-order valence-corrected chi connectivity index (χ2v) is 10.6. The Morgan fingerprint density at radius 2 is 1.79 bits per heavy atom. The molecule has 114 valence electrons. The minimum atomic E-state index is -2.01. The lowest BCUT2D eigenvalue weighted by Gasteiger charge is -2.33. The summed E-state index contributed by atoms with van der Waals surface area (Å²) in [6, 6.07) is 1.47. The van der Waals surface area contributed by atoms with E-state index in [-0.39, 0.29) is 11.4 Å². The van der Waals surface area contributed by atoms with Gasteiger partial charge >= 0.3 is 5.97 Å². The van der Waals surface area contributed by atoms with E-state index in [1.54, 1.807) is 0 Å². The molecule has 0 aliphatic heterocycles. The average molecular weight is 289 g/mol. The minimum Gasteiger partial charge on any atom is -0.466 e. The molecular formula is C15H32O3Si. The van der Waals surface area contributed by atoms with Gasteiger partial charge in [-0.25, -0.2) is 0 Å². The van der Waals surface area contributed by atoms with Gasteiger partial charge in [-0.3, -0.25) is 4.79 Å². The van der Waals surface area contributed by atoms with Crippen molar-refractivity contribution in [3.05, 3.63) is 0 Å². The van der Waals surface area contributed by atoms with Gasteiger partial charge in [0.25, 0.3) is 0 Å². The lowest BCUT2D eigenvalue weighted by molar-refractivity contribution is -0.140. The first-order valence-corrected chi connectivity index (χ1v) is 10.3. The molecule has 0 fully saturated rings. The van der Waals surface area contributed by atoms with E-state index in [2.05, 4.69) is 34.2 Å². The number of carbonyl (C=O) groups is 1. The first-order valence-electron chi connectivity index (χ1n) is 7.52. The standard InChI is InChI=1S/C15H32O3Si/c1-7-9-10-11-18-19(6,13-15(3,4)5)12-14(16)17-8-2/h7-13H2,1-6H3. The predicted molar refractivity (Wildman–Crippen MR) is 82.8 cm³/mol. The van der Waals surface area contributed by atoms with Crippen LogP contribution in [0.2, 0.25) is 18.6 Å². The molecule has 0 aromatic carbocycles. The van der Waals surface area contributed by atoms with E-state index >= 15 is 0 Å². The van der Waals surface area contributed by atoms with Crippen molar-refractivity contribution in [1.82, 2.24) is 0 Å². The molecule has 4 heteroatoms. The van der Waals surface area contributed by atoms with E-state index in [1.165, 1.54) is 12.8 Å². The zero-order valence-electron chi connectivity index (χ0n) is 13.7. The van der Waals surface area contributed by atoms with Crippen molar-refractivity contribution in [2.45, 2.75) is 72.5 Å². The van der Waals surface area contributed by atoms with E-state index in [0.29, 0.717) is 12.7 Å². The normalized spacial score (nSPS) is 15.1. The Balaban J connectivity index is 4.48. The van der Waals surface area contributed by atoms with Crippen molar-refractivity contribution in [3.8, 4) is 0 Å². The summed E-state index contributed by atoms with van der Waals surface area (Å²) in [5, 5.41) is 0. The molecule has 0 N–H and O–H groups in total. The van der Waals surface area contributed by atoms with Crippen molar-refractivity contribution in [3.63, 3.8) is 0 Å². The highest BCUT2D eigenvalue weighted by Gasteiger charge is 2.36. The molecule has 0 radical (unpaired) electrons. The summed E-state index contributed by atoms with van der Waals surface area (Å²) in [5.74, 6) is -0.101. The fraction of sp³-hybridized carbons (Fsp3) is 0.933. The first kappa shape index (κ1) is 18.6. The van der Waals surface area contributed by atoms with Crippen LogP contribution in [-0.2, 0) is 14.0 Å². The maximum Gasteiger partial charge on any atom is 0.305 e. The van der Waals surface area contributed by atoms with Crippen LogP contribution in [0.5, 0.6) is 0 Å². The smallest absolute Gasteiger partial charge is 0.305 e. The summed E-state index contributed by atoms with van der Waals surface area (Å²) in [7, 11) is -2.01. The van der Waals surface area contributed by atoms with Gasteiger partial charge in [-0.2, -0.15) is 0 Å². The predicted octanol–water partition coefficient (Wildman–Crippen LogP) is 4.38. The minimum absolute atomic E-state index is 0.101. The van der Waals surface area contributed by atoms with Crippen LogP contribution in [0.15, 0.2) is 0 Å². The number of hydrogen-bond donors (Lipinski definition) is 0. The molecule has 0 spiro atoms. The van der Waals surface area contributed by atoms with Gasteiger partial charge in [-0.1, -0.05) is 40.5 Å². The highest BCUT2D eigenvalue weighted by molar-refractivity contribution is 6.75. The molecule has 0 saturated carbocycles. The molecule has 3 nitrogen and oxygen atoms in total. The number of unbranched alkanes of at least 4 members (excludes halogenated alkanes) is 2. The molecule has 19 heavy (non-hydrogen) atoms. The summed E-state index contributed by atoms with van der Waals surface area (Å²) in [6.45, 7) is 14.1. The van der Waals surface area contributed by atoms with Crippen molar-refractivity contribution >= 4 is 14.3 Å². The van der Waals surface area contributed by atoms with Crippen molar-refractivity contribution in [2.24, 2.45) is 5.41 Å². The SMILES string of the molecule is CCCCCO[Si](C)(CC(=O)OCC)CC(C)(C)C. The molecule has 1 atom stereocenters. The van der Waals surface area contributed by atoms with Gasteiger partial charge in [0.05, 0.1) is 12.7 Å². The van der Waals surface area contributed by atoms with Crippen LogP contribution >= 0.6 is 0 Å². The Bertz CT molecular complexity index is 261. The number of esters is 1. The zero-order chi connectivity index (χ0) is 14.9. The van der Waals surface area contributed by atoms with Crippen molar-refractivity contribution in [2.75, 3.05) is 13.2 Å². The monoisotopic (exact) mass is 288 g/mol. The van der Waals surface area contributed by atoms with E-state index in [1.807, 2.05) is 6.92 Å². The van der Waals surface area contributed by atoms with E-state index in [0.717, 1.165) is 19.1 Å². The summed E-state index contributed by atoms with van der Waals surface area (Å²) < 4.78 is 11.3. The van der Waals surface area contributed by atoms with Crippen LogP contribution in [-0.4, -0.2) is 27.5 Å². The maximum atomic E-state index is 11.8. The molecule has 0 heterocycles. The molecular weight excluding hydrogens is 256 g/mol. The molecule has 0 aromatic heterocycles. The van der Waals surface area contributed by atoms with Gasteiger partial charge in [-0.05, 0) is 31.4 Å². The highest BCUT2D eigenvalue weighted by atomic mass is 28.4. The molecule has 0 aliphatic carbocycles. The van der Waals surface area contributed by atoms with Gasteiger partial charge < -0.3 is 9.16 Å². The zero-order valence-corrected chi connectivity index (χ0v) is 14.7. The fourth-order valence-corrected chi connectivity index (χ4v) is 6.40. The van der Waals surface area contributed by atoms with Gasteiger partial charge in [0.15, 0.2) is 0 Å². The molecule has 0 aliphatic rings. The van der Waals surface area contributed by atoms with Crippen molar-refractivity contribution in [1.29, 1.82) is 0 Å². The third kappa shape index (κ3) is 10.1. The van der Waals surface area contributed by atoms with E-state index in [4.69, 9.17) is 9.16 Å². The van der Waals surface area contributed by atoms with Gasteiger partial charge in [0.2, 0.25) is 8.32 Å². The second-order valence-electron chi connectivity index (χ2n) is 6.72. The van der Waals surface area contributed by atoms with Gasteiger partial charge in [-0.15, -0.1) is 0 Å². The average Bonchev–Trinajstić information content (AvgIpc) is 2.21. The molecule has 0 bridgehead atoms. The van der Waals surface area contributed by atoms with Crippen LogP contribution in [0.3, 0.4) is 0 Å². The Kier molecular flexibility index (Phi) is 8.58. The molecule has 0 saturated heterocycles. The Morgan fingerprint density at radius 1 is 1.16 bits per heavy atom. The fourth-order valence-electron chi connectivity index (χ4n) is 2.47. The lowest BCUT2D eigenvalue weighted by Crippen LogP contribution is -2.41. The van der Waals surface area contributed by atoms with Gasteiger partial charge in [0, 0.05) is 6.61 Å².